The van der Waals surface area contributed by atoms with E-state index in [0.717, 1.165) is 16.7 Å². The number of aliphatic hydroxyl groups is 1. The van der Waals surface area contributed by atoms with Gasteiger partial charge in [0.05, 0.1) is 31.0 Å². The molecule has 0 aliphatic carbocycles. The van der Waals surface area contributed by atoms with Crippen LogP contribution in [-0.4, -0.2) is 48.4 Å². The Morgan fingerprint density at radius 1 is 1.08 bits per heavy atom. The molecule has 37 heavy (non-hydrogen) atoms. The number of hydrogen-bond donors (Lipinski definition) is 2. The number of nitrogens with one attached hydrogen (secondary N) is 1. The molecule has 1 aliphatic rings. The Bertz CT molecular complexity index is 1260. The summed E-state index contributed by atoms with van der Waals surface area (Å²) in [5, 5.41) is 12.7. The van der Waals surface area contributed by atoms with Gasteiger partial charge in [-0.25, -0.2) is 4.79 Å². The van der Waals surface area contributed by atoms with E-state index in [1.807, 2.05) is 54.6 Å². The topological polar surface area (TPSA) is 97.3 Å². The number of hydrogen-bond acceptors (Lipinski definition) is 6. The monoisotopic (exact) mass is 502 g/mol. The first-order valence-electron chi connectivity index (χ1n) is 12.0. The van der Waals surface area contributed by atoms with Crippen molar-refractivity contribution in [1.82, 2.24) is 4.90 Å². The molecular formula is C29H30N2O6. The molecule has 4 rings (SSSR count). The molecule has 2 N–H and O–H groups in total. The fourth-order valence-corrected chi connectivity index (χ4v) is 4.27. The van der Waals surface area contributed by atoms with Gasteiger partial charge in [0.1, 0.15) is 13.2 Å². The fourth-order valence-electron chi connectivity index (χ4n) is 4.27. The Hall–Kier alpha value is -4.30. The van der Waals surface area contributed by atoms with Gasteiger partial charge in [-0.1, -0.05) is 67.3 Å². The van der Waals surface area contributed by atoms with E-state index >= 15 is 0 Å². The summed E-state index contributed by atoms with van der Waals surface area (Å²) in [5.74, 6) is 0.326. The number of carbonyl (C=O) groups is 2. The van der Waals surface area contributed by atoms with Crippen LogP contribution in [0, 0.1) is 0 Å². The average Bonchev–Trinajstić information content (AvgIpc) is 2.94. The summed E-state index contributed by atoms with van der Waals surface area (Å²) in [6.45, 7) is 3.96. The van der Waals surface area contributed by atoms with Crippen LogP contribution < -0.4 is 14.8 Å². The molecule has 1 unspecified atom stereocenters. The van der Waals surface area contributed by atoms with Crippen LogP contribution in [0.1, 0.15) is 27.0 Å². The van der Waals surface area contributed by atoms with E-state index in [1.165, 1.54) is 13.2 Å². The Morgan fingerprint density at radius 2 is 1.81 bits per heavy atom. The van der Waals surface area contributed by atoms with Gasteiger partial charge >= 0.3 is 6.09 Å². The van der Waals surface area contributed by atoms with E-state index in [4.69, 9.17) is 14.2 Å². The van der Waals surface area contributed by atoms with Crippen molar-refractivity contribution in [2.75, 3.05) is 25.6 Å². The molecule has 0 saturated heterocycles. The molecule has 3 aromatic carbocycles. The summed E-state index contributed by atoms with van der Waals surface area (Å²) < 4.78 is 16.6. The highest BCUT2D eigenvalue weighted by molar-refractivity contribution is 6.03. The standard InChI is InChI=1S/C29H30N2O6/c1-3-13-36-29(34)30-25-16-27(37-19-20-9-5-4-6-10-20)26(35-2)15-24(25)28(33)31-17-22-12-8-7-11-21(22)14-23(31)18-32/h3-12,15-16,23,32H,1,13-14,17-19H2,2H3,(H,30,34). The molecule has 0 saturated carbocycles. The van der Waals surface area contributed by atoms with E-state index in [1.54, 1.807) is 17.0 Å². The first-order valence-corrected chi connectivity index (χ1v) is 12.0. The molecule has 0 radical (unpaired) electrons. The molecule has 192 valence electrons. The number of ether oxygens (including phenoxy) is 3. The van der Waals surface area contributed by atoms with Crippen LogP contribution in [0.3, 0.4) is 0 Å². The van der Waals surface area contributed by atoms with Crippen molar-refractivity contribution in [2.45, 2.75) is 25.6 Å². The van der Waals surface area contributed by atoms with Crippen LogP contribution in [0.5, 0.6) is 11.5 Å². The lowest BCUT2D eigenvalue weighted by atomic mass is 9.93. The van der Waals surface area contributed by atoms with Crippen molar-refractivity contribution in [3.63, 3.8) is 0 Å². The molecule has 1 aliphatic heterocycles. The zero-order chi connectivity index (χ0) is 26.2. The number of aliphatic hydroxyl groups excluding tert-OH is 1. The van der Waals surface area contributed by atoms with Crippen LogP contribution in [0.15, 0.2) is 79.4 Å². The second-order valence-electron chi connectivity index (χ2n) is 8.58. The van der Waals surface area contributed by atoms with E-state index < -0.39 is 12.1 Å². The Kier molecular flexibility index (Phi) is 8.43. The number of nitrogens with zero attached hydrogens (tertiary/aromatic N) is 1. The van der Waals surface area contributed by atoms with Gasteiger partial charge in [0.15, 0.2) is 11.5 Å². The van der Waals surface area contributed by atoms with Crippen molar-refractivity contribution >= 4 is 17.7 Å². The van der Waals surface area contributed by atoms with Crippen molar-refractivity contribution in [1.29, 1.82) is 0 Å². The minimum atomic E-state index is -0.740. The van der Waals surface area contributed by atoms with Gasteiger partial charge in [-0.15, -0.1) is 0 Å². The number of amides is 2. The maximum atomic E-state index is 13.9. The Morgan fingerprint density at radius 3 is 2.51 bits per heavy atom. The summed E-state index contributed by atoms with van der Waals surface area (Å²) in [7, 11) is 1.48. The molecule has 0 aromatic heterocycles. The van der Waals surface area contributed by atoms with E-state index in [0.29, 0.717) is 24.5 Å². The third-order valence-corrected chi connectivity index (χ3v) is 6.17. The smallest absolute Gasteiger partial charge is 0.411 e. The Labute approximate surface area is 216 Å². The molecule has 2 amide bonds. The molecule has 8 heteroatoms. The van der Waals surface area contributed by atoms with Crippen LogP contribution in [0.4, 0.5) is 10.5 Å². The van der Waals surface area contributed by atoms with E-state index in [2.05, 4.69) is 11.9 Å². The SMILES string of the molecule is C=CCOC(=O)Nc1cc(OCc2ccccc2)c(OC)cc1C(=O)N1Cc2ccccc2CC1CO. The highest BCUT2D eigenvalue weighted by atomic mass is 16.5. The lowest BCUT2D eigenvalue weighted by Crippen LogP contribution is -2.46. The number of methoxy groups -OCH3 is 1. The normalized spacial score (nSPS) is 14.3. The molecule has 1 atom stereocenters. The summed E-state index contributed by atoms with van der Waals surface area (Å²) in [6.07, 6.45) is 1.24. The van der Waals surface area contributed by atoms with Crippen molar-refractivity contribution in [2.24, 2.45) is 0 Å². The van der Waals surface area contributed by atoms with Gasteiger partial charge in [-0.3, -0.25) is 10.1 Å². The van der Waals surface area contributed by atoms with Crippen LogP contribution in [0.25, 0.3) is 0 Å². The second-order valence-corrected chi connectivity index (χ2v) is 8.58. The van der Waals surface area contributed by atoms with Gasteiger partial charge in [-0.2, -0.15) is 0 Å². The fraction of sp³-hybridized carbons (Fsp3) is 0.241. The van der Waals surface area contributed by atoms with Crippen LogP contribution >= 0.6 is 0 Å². The quantitative estimate of drug-likeness (QED) is 0.416. The number of benzene rings is 3. The van der Waals surface area contributed by atoms with Gasteiger partial charge in [-0.05, 0) is 29.2 Å². The lowest BCUT2D eigenvalue weighted by Gasteiger charge is -2.36. The van der Waals surface area contributed by atoms with Gasteiger partial charge < -0.3 is 24.2 Å². The third-order valence-electron chi connectivity index (χ3n) is 6.17. The minimum Gasteiger partial charge on any atom is -0.493 e. The summed E-state index contributed by atoms with van der Waals surface area (Å²) in [5.41, 5.74) is 3.45. The van der Waals surface area contributed by atoms with Crippen LogP contribution in [-0.2, 0) is 24.3 Å². The summed E-state index contributed by atoms with van der Waals surface area (Å²) in [6, 6.07) is 20.1. The number of anilines is 1. The number of rotatable bonds is 9. The molecule has 0 bridgehead atoms. The first kappa shape index (κ1) is 25.8. The highest BCUT2D eigenvalue weighted by Gasteiger charge is 2.32. The highest BCUT2D eigenvalue weighted by Crippen LogP contribution is 2.36. The molecular weight excluding hydrogens is 472 g/mol. The molecule has 1 heterocycles. The molecule has 0 fully saturated rings. The number of carbonyl (C=O) groups excluding carboxylic acids is 2. The van der Waals surface area contributed by atoms with Crippen LogP contribution in [0.2, 0.25) is 0 Å². The van der Waals surface area contributed by atoms with E-state index in [9.17, 15) is 14.7 Å². The number of fused-ring (bicyclic) bond motifs is 1. The lowest BCUT2D eigenvalue weighted by molar-refractivity contribution is 0.0545. The predicted octanol–water partition coefficient (Wildman–Crippen LogP) is 4.57. The first-order chi connectivity index (χ1) is 18.0. The Balaban J connectivity index is 1.69. The van der Waals surface area contributed by atoms with Gasteiger partial charge in [0.2, 0.25) is 0 Å². The molecule has 8 nitrogen and oxygen atoms in total. The maximum absolute atomic E-state index is 13.9. The maximum Gasteiger partial charge on any atom is 0.411 e. The molecule has 3 aromatic rings. The van der Waals surface area contributed by atoms with Crippen molar-refractivity contribution < 1.29 is 28.9 Å². The van der Waals surface area contributed by atoms with E-state index in [-0.39, 0.29) is 37.0 Å². The third kappa shape index (κ3) is 6.10. The zero-order valence-corrected chi connectivity index (χ0v) is 20.7. The summed E-state index contributed by atoms with van der Waals surface area (Å²) in [4.78, 5) is 27.9. The largest absolute Gasteiger partial charge is 0.493 e. The minimum absolute atomic E-state index is 0.0120. The summed E-state index contributed by atoms with van der Waals surface area (Å²) >= 11 is 0. The second kappa shape index (κ2) is 12.1. The van der Waals surface area contributed by atoms with Gasteiger partial charge in [0.25, 0.3) is 5.91 Å². The zero-order valence-electron chi connectivity index (χ0n) is 20.7. The average molecular weight is 503 g/mol. The van der Waals surface area contributed by atoms with Crippen molar-refractivity contribution in [3.8, 4) is 11.5 Å². The molecule has 0 spiro atoms. The van der Waals surface area contributed by atoms with Gasteiger partial charge in [0, 0.05) is 12.6 Å². The van der Waals surface area contributed by atoms with Crippen molar-refractivity contribution in [3.05, 3.63) is 102 Å². The predicted molar refractivity (Wildman–Crippen MR) is 140 cm³/mol.